The van der Waals surface area contributed by atoms with Crippen LogP contribution in [0, 0.1) is 17.2 Å². The summed E-state index contributed by atoms with van der Waals surface area (Å²) in [6, 6.07) is 6.07. The summed E-state index contributed by atoms with van der Waals surface area (Å²) < 4.78 is 80.2. The second-order valence-electron chi connectivity index (χ2n) is 10.3. The van der Waals surface area contributed by atoms with Gasteiger partial charge in [0.05, 0.1) is 33.0 Å². The number of aromatic nitrogens is 3. The van der Waals surface area contributed by atoms with E-state index in [4.69, 9.17) is 0 Å². The smallest absolute Gasteiger partial charge is 0.341 e. The lowest BCUT2D eigenvalue weighted by Gasteiger charge is -2.32. The molecule has 0 atom stereocenters. The van der Waals surface area contributed by atoms with E-state index in [9.17, 15) is 41.2 Å². The lowest BCUT2D eigenvalue weighted by atomic mass is 9.96. The molecule has 0 aliphatic carbocycles. The molecule has 2 aromatic heterocycles. The van der Waals surface area contributed by atoms with Crippen molar-refractivity contribution in [3.63, 3.8) is 0 Å². The van der Waals surface area contributed by atoms with E-state index in [-0.39, 0.29) is 28.8 Å². The Kier molecular flexibility index (Phi) is 9.12. The Balaban J connectivity index is 1.18. The van der Waals surface area contributed by atoms with E-state index in [1.807, 2.05) is 11.0 Å². The number of amides is 2. The Hall–Kier alpha value is -4.49. The first-order valence-corrected chi connectivity index (χ1v) is 14.3. The number of carbonyl (C=O) groups is 2. The van der Waals surface area contributed by atoms with E-state index in [1.165, 1.54) is 18.3 Å². The van der Waals surface area contributed by atoms with E-state index in [1.54, 1.807) is 12.3 Å². The Morgan fingerprint density at radius 2 is 1.82 bits per heavy atom. The van der Waals surface area contributed by atoms with Crippen LogP contribution in [-0.4, -0.2) is 45.7 Å². The summed E-state index contributed by atoms with van der Waals surface area (Å²) in [5, 5.41) is 14.6. The summed E-state index contributed by atoms with van der Waals surface area (Å²) in [6.07, 6.45) is -4.03. The number of piperidine rings is 1. The highest BCUT2D eigenvalue weighted by Gasteiger charge is 2.39. The van der Waals surface area contributed by atoms with Crippen LogP contribution >= 0.6 is 11.8 Å². The molecule has 16 heteroatoms. The maximum Gasteiger partial charge on any atom is 0.417 e. The fourth-order valence-corrected chi connectivity index (χ4v) is 5.64. The second-order valence-corrected chi connectivity index (χ2v) is 11.3. The Morgan fingerprint density at radius 1 is 1.07 bits per heavy atom. The third-order valence-electron chi connectivity index (χ3n) is 7.22. The quantitative estimate of drug-likeness (QED) is 0.243. The molecule has 0 spiro atoms. The lowest BCUT2D eigenvalue weighted by molar-refractivity contribution is -0.142. The van der Waals surface area contributed by atoms with Gasteiger partial charge in [-0.25, -0.2) is 9.97 Å². The van der Waals surface area contributed by atoms with E-state index in [0.717, 1.165) is 24.6 Å². The Morgan fingerprint density at radius 3 is 2.47 bits per heavy atom. The van der Waals surface area contributed by atoms with Crippen LogP contribution in [0.3, 0.4) is 0 Å². The highest BCUT2D eigenvalue weighted by molar-refractivity contribution is 8.18. The number of imide groups is 1. The largest absolute Gasteiger partial charge is 0.417 e. The molecule has 2 fully saturated rings. The van der Waals surface area contributed by atoms with Crippen molar-refractivity contribution in [3.05, 3.63) is 75.6 Å². The van der Waals surface area contributed by atoms with Gasteiger partial charge in [0.25, 0.3) is 11.1 Å². The normalized spacial score (nSPS) is 17.1. The topological polar surface area (TPSA) is 124 Å². The van der Waals surface area contributed by atoms with Crippen LogP contribution in [0.4, 0.5) is 37.1 Å². The number of nitriles is 1. The van der Waals surface area contributed by atoms with Crippen LogP contribution in [0.15, 0.2) is 47.6 Å². The number of halogens is 6. The SMILES string of the molecule is N#Cc1cc(CNCC2CCN(c3nccc(/C=C4\SC(=O)NC4=O)n3)CC2)cnc1-c1ccc(C(F)(F)F)cc1C(F)(F)F. The molecule has 0 unspecified atom stereocenters. The molecule has 9 nitrogen and oxygen atoms in total. The first kappa shape index (κ1) is 31.9. The van der Waals surface area contributed by atoms with Crippen LogP contribution in [0.5, 0.6) is 0 Å². The highest BCUT2D eigenvalue weighted by Crippen LogP contribution is 2.41. The Labute approximate surface area is 256 Å². The zero-order chi connectivity index (χ0) is 32.4. The van der Waals surface area contributed by atoms with Crippen LogP contribution in [-0.2, 0) is 23.7 Å². The Bertz CT molecular complexity index is 1700. The molecule has 5 rings (SSSR count). The van der Waals surface area contributed by atoms with Crippen molar-refractivity contribution in [1.29, 1.82) is 5.26 Å². The summed E-state index contributed by atoms with van der Waals surface area (Å²) >= 11 is 0.806. The molecule has 2 aliphatic heterocycles. The summed E-state index contributed by atoms with van der Waals surface area (Å²) in [7, 11) is 0. The molecule has 2 saturated heterocycles. The lowest BCUT2D eigenvalue weighted by Crippen LogP contribution is -2.38. The summed E-state index contributed by atoms with van der Waals surface area (Å²) in [5.74, 6) is 0.325. The zero-order valence-electron chi connectivity index (χ0n) is 23.2. The molecule has 0 bridgehead atoms. The van der Waals surface area contributed by atoms with Crippen LogP contribution < -0.4 is 15.5 Å². The first-order valence-electron chi connectivity index (χ1n) is 13.5. The van der Waals surface area contributed by atoms with Crippen molar-refractivity contribution in [2.75, 3.05) is 24.5 Å². The third kappa shape index (κ3) is 7.60. The number of thioether (sulfide) groups is 1. The molecule has 234 valence electrons. The fraction of sp³-hybridized carbons (Fsp3) is 0.310. The van der Waals surface area contributed by atoms with Crippen LogP contribution in [0.1, 0.15) is 40.8 Å². The first-order chi connectivity index (χ1) is 21.3. The van der Waals surface area contributed by atoms with Crippen LogP contribution in [0.2, 0.25) is 0 Å². The average molecular weight is 648 g/mol. The molecule has 1 aromatic carbocycles. The minimum atomic E-state index is -5.10. The molecular weight excluding hydrogens is 624 g/mol. The number of alkyl halides is 6. The van der Waals surface area contributed by atoms with Gasteiger partial charge in [-0.2, -0.15) is 31.6 Å². The van der Waals surface area contributed by atoms with Crippen molar-refractivity contribution in [3.8, 4) is 17.3 Å². The molecule has 0 radical (unpaired) electrons. The predicted octanol–water partition coefficient (Wildman–Crippen LogP) is 5.78. The number of rotatable bonds is 7. The number of nitrogens with zero attached hydrogens (tertiary/aromatic N) is 5. The monoisotopic (exact) mass is 647 g/mol. The molecule has 45 heavy (non-hydrogen) atoms. The van der Waals surface area contributed by atoms with Crippen molar-refractivity contribution < 1.29 is 35.9 Å². The van der Waals surface area contributed by atoms with Gasteiger partial charge in [-0.1, -0.05) is 6.07 Å². The second kappa shape index (κ2) is 12.9. The average Bonchev–Trinajstić information content (AvgIpc) is 3.32. The van der Waals surface area contributed by atoms with Gasteiger partial charge in [0, 0.05) is 37.6 Å². The number of anilines is 1. The standard InChI is InChI=1S/C29H23F6N7O2S/c30-28(31,32)19-1-2-21(22(10-19)29(33,34)35)24-18(12-36)9-17(15-39-24)14-37-13-16-4-7-42(8-5-16)26-38-6-3-20(40-26)11-23-25(43)41-27(44)45-23/h1-3,6,9-11,15-16,37H,4-5,7-8,13-14H2,(H,41,43,44)/b23-11-. The number of pyridine rings is 1. The fourth-order valence-electron chi connectivity index (χ4n) is 4.97. The summed E-state index contributed by atoms with van der Waals surface area (Å²) in [4.78, 5) is 38.3. The summed E-state index contributed by atoms with van der Waals surface area (Å²) in [5.41, 5.74) is -3.09. The van der Waals surface area contributed by atoms with Crippen molar-refractivity contribution in [2.24, 2.45) is 5.92 Å². The van der Waals surface area contributed by atoms with Crippen molar-refractivity contribution >= 4 is 34.9 Å². The van der Waals surface area contributed by atoms with E-state index in [0.29, 0.717) is 54.9 Å². The minimum absolute atomic E-state index is 0.0258. The van der Waals surface area contributed by atoms with E-state index < -0.39 is 40.2 Å². The summed E-state index contributed by atoms with van der Waals surface area (Å²) in [6.45, 7) is 2.23. The number of benzene rings is 1. The molecule has 4 heterocycles. The van der Waals surface area contributed by atoms with Gasteiger partial charge in [0.1, 0.15) is 6.07 Å². The van der Waals surface area contributed by atoms with Gasteiger partial charge in [0.15, 0.2) is 0 Å². The maximum atomic E-state index is 13.7. The van der Waals surface area contributed by atoms with Crippen LogP contribution in [0.25, 0.3) is 17.3 Å². The van der Waals surface area contributed by atoms with Gasteiger partial charge in [-0.05, 0) is 73.0 Å². The van der Waals surface area contributed by atoms with Crippen molar-refractivity contribution in [2.45, 2.75) is 31.7 Å². The molecule has 2 aliphatic rings. The van der Waals surface area contributed by atoms with E-state index >= 15 is 0 Å². The molecular formula is C29H23F6N7O2S. The van der Waals surface area contributed by atoms with Gasteiger partial charge in [-0.3, -0.25) is 19.9 Å². The molecule has 3 aromatic rings. The van der Waals surface area contributed by atoms with Crippen molar-refractivity contribution in [1.82, 2.24) is 25.6 Å². The maximum absolute atomic E-state index is 13.7. The van der Waals surface area contributed by atoms with Gasteiger partial charge < -0.3 is 10.2 Å². The minimum Gasteiger partial charge on any atom is -0.341 e. The highest BCUT2D eigenvalue weighted by atomic mass is 32.2. The predicted molar refractivity (Wildman–Crippen MR) is 152 cm³/mol. The molecule has 2 N–H and O–H groups in total. The number of nitrogens with one attached hydrogen (secondary N) is 2. The van der Waals surface area contributed by atoms with Gasteiger partial charge >= 0.3 is 12.4 Å². The number of carbonyl (C=O) groups excluding carboxylic acids is 2. The van der Waals surface area contributed by atoms with Gasteiger partial charge in [-0.15, -0.1) is 0 Å². The number of hydrogen-bond donors (Lipinski definition) is 2. The third-order valence-corrected chi connectivity index (χ3v) is 8.03. The zero-order valence-corrected chi connectivity index (χ0v) is 24.0. The molecule has 0 saturated carbocycles. The van der Waals surface area contributed by atoms with Gasteiger partial charge in [0.2, 0.25) is 5.95 Å². The van der Waals surface area contributed by atoms with E-state index in [2.05, 4.69) is 25.6 Å². The molecule has 2 amide bonds. The number of hydrogen-bond acceptors (Lipinski definition) is 9.